The van der Waals surface area contributed by atoms with Crippen LogP contribution in [0.25, 0.3) is 16.3 Å². The number of thioether (sulfide) groups is 1. The maximum atomic E-state index is 12.2. The Kier molecular flexibility index (Phi) is 7.35. The number of thiazole rings is 1. The molecule has 2 aromatic carbocycles. The first kappa shape index (κ1) is 21.5. The van der Waals surface area contributed by atoms with Crippen LogP contribution in [0.15, 0.2) is 58.9 Å². The van der Waals surface area contributed by atoms with Gasteiger partial charge in [0.15, 0.2) is 4.34 Å². The Balaban J connectivity index is 1.29. The number of ether oxygens (including phenoxy) is 1. The highest BCUT2D eigenvalue weighted by atomic mass is 32.2. The molecule has 1 unspecified atom stereocenters. The Morgan fingerprint density at radius 1 is 1.23 bits per heavy atom. The minimum atomic E-state index is -0.190. The smallest absolute Gasteiger partial charge is 0.248 e. The maximum Gasteiger partial charge on any atom is 0.248 e. The van der Waals surface area contributed by atoms with E-state index in [1.165, 1.54) is 29.2 Å². The summed E-state index contributed by atoms with van der Waals surface area (Å²) in [6.45, 7) is 1.35. The number of anilines is 1. The number of nitrogens with zero attached hydrogens (tertiary/aromatic N) is 1. The van der Waals surface area contributed by atoms with E-state index in [4.69, 9.17) is 4.74 Å². The van der Waals surface area contributed by atoms with Crippen molar-refractivity contribution in [3.8, 4) is 0 Å². The van der Waals surface area contributed by atoms with Crippen molar-refractivity contribution in [2.24, 2.45) is 0 Å². The molecule has 4 rings (SSSR count). The number of carbonyl (C=O) groups is 2. The van der Waals surface area contributed by atoms with Crippen molar-refractivity contribution in [3.05, 3.63) is 60.2 Å². The lowest BCUT2D eigenvalue weighted by Crippen LogP contribution is -2.32. The van der Waals surface area contributed by atoms with E-state index in [-0.39, 0.29) is 17.9 Å². The zero-order valence-corrected chi connectivity index (χ0v) is 18.5. The highest BCUT2D eigenvalue weighted by Crippen LogP contribution is 2.31. The van der Waals surface area contributed by atoms with Crippen LogP contribution in [0.2, 0.25) is 0 Å². The van der Waals surface area contributed by atoms with Crippen molar-refractivity contribution in [3.63, 3.8) is 0 Å². The van der Waals surface area contributed by atoms with Gasteiger partial charge < -0.3 is 15.4 Å². The normalized spacial score (nSPS) is 16.1. The Morgan fingerprint density at radius 2 is 2.10 bits per heavy atom. The molecule has 0 spiro atoms. The summed E-state index contributed by atoms with van der Waals surface area (Å²) < 4.78 is 7.31. The molecule has 1 fully saturated rings. The molecule has 160 valence electrons. The Bertz CT molecular complexity index is 1080. The first-order valence-electron chi connectivity index (χ1n) is 10.1. The summed E-state index contributed by atoms with van der Waals surface area (Å²) in [6.07, 6.45) is 5.51. The third-order valence-corrected chi connectivity index (χ3v) is 6.90. The molecule has 1 aliphatic heterocycles. The molecule has 2 amide bonds. The first-order valence-corrected chi connectivity index (χ1v) is 11.9. The Labute approximate surface area is 189 Å². The molecule has 2 N–H and O–H groups in total. The predicted octanol–water partition coefficient (Wildman–Crippen LogP) is 4.34. The lowest BCUT2D eigenvalue weighted by molar-refractivity contribution is -0.119. The van der Waals surface area contributed by atoms with E-state index in [1.807, 2.05) is 48.5 Å². The second kappa shape index (κ2) is 10.6. The summed E-state index contributed by atoms with van der Waals surface area (Å²) in [5.41, 5.74) is 2.53. The van der Waals surface area contributed by atoms with Gasteiger partial charge >= 0.3 is 0 Å². The number of benzene rings is 2. The van der Waals surface area contributed by atoms with Crippen LogP contribution < -0.4 is 10.6 Å². The quantitative estimate of drug-likeness (QED) is 0.392. The Morgan fingerprint density at radius 3 is 2.90 bits per heavy atom. The van der Waals surface area contributed by atoms with Gasteiger partial charge in [-0.25, -0.2) is 4.98 Å². The molecule has 0 bridgehead atoms. The zero-order chi connectivity index (χ0) is 21.5. The molecule has 8 heteroatoms. The van der Waals surface area contributed by atoms with Gasteiger partial charge in [0.2, 0.25) is 11.8 Å². The van der Waals surface area contributed by atoms with Gasteiger partial charge in [-0.1, -0.05) is 42.1 Å². The zero-order valence-electron chi connectivity index (χ0n) is 16.9. The molecule has 0 aliphatic carbocycles. The van der Waals surface area contributed by atoms with Crippen LogP contribution in [-0.2, 0) is 14.3 Å². The minimum Gasteiger partial charge on any atom is -0.376 e. The van der Waals surface area contributed by atoms with Gasteiger partial charge in [0.1, 0.15) is 0 Å². The summed E-state index contributed by atoms with van der Waals surface area (Å²) in [6, 6.07) is 15.3. The van der Waals surface area contributed by atoms with Crippen LogP contribution in [0.5, 0.6) is 0 Å². The van der Waals surface area contributed by atoms with E-state index in [9.17, 15) is 9.59 Å². The van der Waals surface area contributed by atoms with Crippen molar-refractivity contribution < 1.29 is 14.3 Å². The van der Waals surface area contributed by atoms with E-state index < -0.39 is 0 Å². The molecule has 0 saturated carbocycles. The second-order valence-corrected chi connectivity index (χ2v) is 9.38. The van der Waals surface area contributed by atoms with Crippen molar-refractivity contribution in [2.45, 2.75) is 23.3 Å². The van der Waals surface area contributed by atoms with Crippen LogP contribution >= 0.6 is 23.1 Å². The van der Waals surface area contributed by atoms with Gasteiger partial charge in [-0.05, 0) is 42.7 Å². The molecule has 6 nitrogen and oxygen atoms in total. The van der Waals surface area contributed by atoms with Gasteiger partial charge in [-0.15, -0.1) is 11.3 Å². The SMILES string of the molecule is O=C(/C=C/c1ccccc1)Nc1ccc2nc(SCC(=O)NCC3CCCO3)sc2c1. The van der Waals surface area contributed by atoms with Crippen LogP contribution in [0, 0.1) is 0 Å². The minimum absolute atomic E-state index is 0.0158. The standard InChI is InChI=1S/C23H23N3O3S2/c27-21(11-8-16-5-2-1-3-6-16)25-17-9-10-19-20(13-17)31-23(26-19)30-15-22(28)24-14-18-7-4-12-29-18/h1-3,5-6,8-11,13,18H,4,7,12,14-15H2,(H,24,28)(H,25,27)/b11-8+. The molecule has 1 atom stereocenters. The van der Waals surface area contributed by atoms with Crippen LogP contribution in [0.1, 0.15) is 18.4 Å². The van der Waals surface area contributed by atoms with Gasteiger partial charge in [0, 0.05) is 24.9 Å². The summed E-state index contributed by atoms with van der Waals surface area (Å²) in [7, 11) is 0. The largest absolute Gasteiger partial charge is 0.376 e. The van der Waals surface area contributed by atoms with Gasteiger partial charge in [0.05, 0.1) is 22.1 Å². The number of fused-ring (bicyclic) bond motifs is 1. The fraction of sp³-hybridized carbons (Fsp3) is 0.261. The first-order chi connectivity index (χ1) is 15.2. The summed E-state index contributed by atoms with van der Waals surface area (Å²) >= 11 is 2.93. The lowest BCUT2D eigenvalue weighted by atomic mass is 10.2. The topological polar surface area (TPSA) is 80.3 Å². The van der Waals surface area contributed by atoms with Crippen molar-refractivity contribution in [2.75, 3.05) is 24.2 Å². The fourth-order valence-corrected chi connectivity index (χ4v) is 5.11. The number of rotatable bonds is 8. The molecular formula is C23H23N3O3S2. The molecular weight excluding hydrogens is 430 g/mol. The highest BCUT2D eigenvalue weighted by molar-refractivity contribution is 8.01. The average molecular weight is 454 g/mol. The molecule has 31 heavy (non-hydrogen) atoms. The third kappa shape index (κ3) is 6.40. The summed E-state index contributed by atoms with van der Waals surface area (Å²) in [5, 5.41) is 5.80. The molecule has 1 saturated heterocycles. The van der Waals surface area contributed by atoms with Gasteiger partial charge in [-0.2, -0.15) is 0 Å². The van der Waals surface area contributed by atoms with Gasteiger partial charge in [0.25, 0.3) is 0 Å². The van der Waals surface area contributed by atoms with Crippen LogP contribution in [0.4, 0.5) is 5.69 Å². The highest BCUT2D eigenvalue weighted by Gasteiger charge is 2.16. The number of amides is 2. The van der Waals surface area contributed by atoms with Gasteiger partial charge in [-0.3, -0.25) is 9.59 Å². The Hall–Kier alpha value is -2.68. The van der Waals surface area contributed by atoms with Crippen LogP contribution in [0.3, 0.4) is 0 Å². The molecule has 3 aromatic rings. The number of hydrogen-bond acceptors (Lipinski definition) is 6. The number of hydrogen-bond donors (Lipinski definition) is 2. The molecule has 1 aliphatic rings. The van der Waals surface area contributed by atoms with E-state index in [2.05, 4.69) is 15.6 Å². The summed E-state index contributed by atoms with van der Waals surface area (Å²) in [5.74, 6) is 0.114. The second-order valence-electron chi connectivity index (χ2n) is 7.12. The molecule has 2 heterocycles. The molecule has 1 aromatic heterocycles. The van der Waals surface area contributed by atoms with E-state index in [0.717, 1.165) is 39.6 Å². The molecule has 0 radical (unpaired) electrons. The lowest BCUT2D eigenvalue weighted by Gasteiger charge is -2.09. The van der Waals surface area contributed by atoms with Crippen molar-refractivity contribution in [1.29, 1.82) is 0 Å². The predicted molar refractivity (Wildman–Crippen MR) is 126 cm³/mol. The maximum absolute atomic E-state index is 12.2. The average Bonchev–Trinajstić information content (AvgIpc) is 3.45. The monoisotopic (exact) mass is 453 g/mol. The van der Waals surface area contributed by atoms with Crippen LogP contribution in [-0.4, -0.2) is 41.8 Å². The van der Waals surface area contributed by atoms with E-state index in [0.29, 0.717) is 18.0 Å². The van der Waals surface area contributed by atoms with E-state index >= 15 is 0 Å². The van der Waals surface area contributed by atoms with Crippen molar-refractivity contribution >= 4 is 56.9 Å². The van der Waals surface area contributed by atoms with Crippen molar-refractivity contribution in [1.82, 2.24) is 10.3 Å². The fourth-order valence-electron chi connectivity index (χ4n) is 3.17. The van der Waals surface area contributed by atoms with E-state index in [1.54, 1.807) is 6.08 Å². The summed E-state index contributed by atoms with van der Waals surface area (Å²) in [4.78, 5) is 28.8. The number of nitrogens with one attached hydrogen (secondary N) is 2. The number of carbonyl (C=O) groups excluding carboxylic acids is 2. The third-order valence-electron chi connectivity index (χ3n) is 4.74. The number of aromatic nitrogens is 1.